The summed E-state index contributed by atoms with van der Waals surface area (Å²) in [6.45, 7) is 3.03. The molecule has 19 heavy (non-hydrogen) atoms. The van der Waals surface area contributed by atoms with Crippen molar-refractivity contribution in [3.05, 3.63) is 53.1 Å². The van der Waals surface area contributed by atoms with Gasteiger partial charge in [-0.2, -0.15) is 0 Å². The Morgan fingerprint density at radius 1 is 1.05 bits per heavy atom. The lowest BCUT2D eigenvalue weighted by Gasteiger charge is -2.09. The van der Waals surface area contributed by atoms with E-state index in [9.17, 15) is 0 Å². The summed E-state index contributed by atoms with van der Waals surface area (Å²) in [5.74, 6) is 1.56. The van der Waals surface area contributed by atoms with Crippen LogP contribution < -0.4 is 15.2 Å². The van der Waals surface area contributed by atoms with Crippen LogP contribution in [-0.4, -0.2) is 6.61 Å². The van der Waals surface area contributed by atoms with Crippen molar-refractivity contribution in [2.75, 3.05) is 12.3 Å². The highest BCUT2D eigenvalue weighted by Gasteiger charge is 2.01. The molecule has 100 valence electrons. The van der Waals surface area contributed by atoms with Crippen molar-refractivity contribution in [1.82, 2.24) is 0 Å². The number of anilines is 1. The molecule has 0 heterocycles. The first kappa shape index (κ1) is 13.6. The number of nitrogens with two attached hydrogens (primary N) is 1. The summed E-state index contributed by atoms with van der Waals surface area (Å²) >= 11 is 5.87. The van der Waals surface area contributed by atoms with E-state index in [-0.39, 0.29) is 0 Å². The van der Waals surface area contributed by atoms with E-state index in [4.69, 9.17) is 26.8 Å². The van der Waals surface area contributed by atoms with Crippen LogP contribution in [0.3, 0.4) is 0 Å². The third kappa shape index (κ3) is 3.80. The van der Waals surface area contributed by atoms with Gasteiger partial charge in [-0.05, 0) is 36.8 Å². The topological polar surface area (TPSA) is 44.5 Å². The Hall–Kier alpha value is -1.87. The first-order chi connectivity index (χ1) is 9.19. The van der Waals surface area contributed by atoms with Gasteiger partial charge in [0, 0.05) is 6.07 Å². The Kier molecular flexibility index (Phi) is 4.53. The molecule has 0 unspecified atom stereocenters. The monoisotopic (exact) mass is 277 g/mol. The molecule has 4 heteroatoms. The quantitative estimate of drug-likeness (QED) is 0.843. The third-order valence-electron chi connectivity index (χ3n) is 2.58. The number of rotatable bonds is 5. The van der Waals surface area contributed by atoms with E-state index in [1.165, 1.54) is 0 Å². The van der Waals surface area contributed by atoms with Crippen molar-refractivity contribution in [2.24, 2.45) is 0 Å². The van der Waals surface area contributed by atoms with Gasteiger partial charge in [-0.15, -0.1) is 0 Å². The SMILES string of the molecule is CCOc1cccc(OCc2ccc(Cl)c(N)c2)c1. The fourth-order valence-corrected chi connectivity index (χ4v) is 1.79. The first-order valence-corrected chi connectivity index (χ1v) is 6.46. The van der Waals surface area contributed by atoms with Crippen LogP contribution in [-0.2, 0) is 6.61 Å². The average Bonchev–Trinajstić information content (AvgIpc) is 2.41. The van der Waals surface area contributed by atoms with Gasteiger partial charge in [0.05, 0.1) is 17.3 Å². The maximum atomic E-state index is 5.87. The van der Waals surface area contributed by atoms with E-state index in [1.807, 2.05) is 43.3 Å². The predicted octanol–water partition coefficient (Wildman–Crippen LogP) is 3.90. The molecule has 3 nitrogen and oxygen atoms in total. The molecule has 0 amide bonds. The van der Waals surface area contributed by atoms with Crippen molar-refractivity contribution in [3.63, 3.8) is 0 Å². The van der Waals surface area contributed by atoms with Crippen LogP contribution in [0.2, 0.25) is 5.02 Å². The molecule has 0 fully saturated rings. The highest BCUT2D eigenvalue weighted by molar-refractivity contribution is 6.33. The molecule has 0 aliphatic carbocycles. The van der Waals surface area contributed by atoms with E-state index in [0.717, 1.165) is 17.1 Å². The Morgan fingerprint density at radius 3 is 2.47 bits per heavy atom. The lowest BCUT2D eigenvalue weighted by atomic mass is 10.2. The smallest absolute Gasteiger partial charge is 0.123 e. The Labute approximate surface area is 117 Å². The van der Waals surface area contributed by atoms with Gasteiger partial charge < -0.3 is 15.2 Å². The van der Waals surface area contributed by atoms with E-state index in [2.05, 4.69) is 0 Å². The summed E-state index contributed by atoms with van der Waals surface area (Å²) in [6, 6.07) is 13.0. The molecule has 0 aliphatic heterocycles. The van der Waals surface area contributed by atoms with E-state index in [0.29, 0.717) is 23.9 Å². The lowest BCUT2D eigenvalue weighted by molar-refractivity contribution is 0.299. The number of nitrogen functional groups attached to an aromatic ring is 1. The normalized spacial score (nSPS) is 10.2. The number of hydrogen-bond donors (Lipinski definition) is 1. The molecule has 2 aromatic rings. The molecular formula is C15H16ClNO2. The summed E-state index contributed by atoms with van der Waals surface area (Å²) in [5.41, 5.74) is 7.28. The summed E-state index contributed by atoms with van der Waals surface area (Å²) in [4.78, 5) is 0. The second-order valence-corrected chi connectivity index (χ2v) is 4.46. The second-order valence-electron chi connectivity index (χ2n) is 4.05. The molecule has 2 aromatic carbocycles. The zero-order valence-electron chi connectivity index (χ0n) is 10.7. The van der Waals surface area contributed by atoms with Crippen LogP contribution in [0.4, 0.5) is 5.69 Å². The van der Waals surface area contributed by atoms with Gasteiger partial charge >= 0.3 is 0 Å². The minimum atomic E-state index is 0.441. The highest BCUT2D eigenvalue weighted by atomic mass is 35.5. The largest absolute Gasteiger partial charge is 0.494 e. The predicted molar refractivity (Wildman–Crippen MR) is 77.8 cm³/mol. The van der Waals surface area contributed by atoms with E-state index < -0.39 is 0 Å². The van der Waals surface area contributed by atoms with Crippen LogP contribution >= 0.6 is 11.6 Å². The Morgan fingerprint density at radius 2 is 1.79 bits per heavy atom. The lowest BCUT2D eigenvalue weighted by Crippen LogP contribution is -1.98. The van der Waals surface area contributed by atoms with Gasteiger partial charge in [-0.1, -0.05) is 23.7 Å². The second kappa shape index (κ2) is 6.34. The number of benzene rings is 2. The Balaban J connectivity index is 2.01. The molecule has 0 saturated carbocycles. The van der Waals surface area contributed by atoms with Crippen molar-refractivity contribution in [1.29, 1.82) is 0 Å². The van der Waals surface area contributed by atoms with Crippen molar-refractivity contribution >= 4 is 17.3 Å². The van der Waals surface area contributed by atoms with Gasteiger partial charge in [0.15, 0.2) is 0 Å². The average molecular weight is 278 g/mol. The molecular weight excluding hydrogens is 262 g/mol. The van der Waals surface area contributed by atoms with E-state index >= 15 is 0 Å². The highest BCUT2D eigenvalue weighted by Crippen LogP contribution is 2.23. The molecule has 0 spiro atoms. The minimum Gasteiger partial charge on any atom is -0.494 e. The molecule has 2 N–H and O–H groups in total. The van der Waals surface area contributed by atoms with Gasteiger partial charge in [-0.25, -0.2) is 0 Å². The van der Waals surface area contributed by atoms with Gasteiger partial charge in [0.2, 0.25) is 0 Å². The zero-order valence-corrected chi connectivity index (χ0v) is 11.5. The number of hydrogen-bond acceptors (Lipinski definition) is 3. The van der Waals surface area contributed by atoms with Gasteiger partial charge in [0.25, 0.3) is 0 Å². The van der Waals surface area contributed by atoms with Crippen LogP contribution in [0.1, 0.15) is 12.5 Å². The third-order valence-corrected chi connectivity index (χ3v) is 2.93. The standard InChI is InChI=1S/C15H16ClNO2/c1-2-18-12-4-3-5-13(9-12)19-10-11-6-7-14(16)15(17)8-11/h3-9H,2,10,17H2,1H3. The van der Waals surface area contributed by atoms with Gasteiger partial charge in [-0.3, -0.25) is 0 Å². The summed E-state index contributed by atoms with van der Waals surface area (Å²) in [7, 11) is 0. The van der Waals surface area contributed by atoms with Crippen LogP contribution in [0, 0.1) is 0 Å². The molecule has 0 atom stereocenters. The number of halogens is 1. The summed E-state index contributed by atoms with van der Waals surface area (Å²) in [5, 5.41) is 0.557. The van der Waals surface area contributed by atoms with Crippen LogP contribution in [0.15, 0.2) is 42.5 Å². The zero-order chi connectivity index (χ0) is 13.7. The van der Waals surface area contributed by atoms with Crippen molar-refractivity contribution < 1.29 is 9.47 Å². The molecule has 0 saturated heterocycles. The Bertz CT molecular complexity index is 558. The minimum absolute atomic E-state index is 0.441. The van der Waals surface area contributed by atoms with Crippen molar-refractivity contribution in [3.8, 4) is 11.5 Å². The maximum Gasteiger partial charge on any atom is 0.123 e. The fraction of sp³-hybridized carbons (Fsp3) is 0.200. The van der Waals surface area contributed by atoms with Crippen LogP contribution in [0.5, 0.6) is 11.5 Å². The first-order valence-electron chi connectivity index (χ1n) is 6.08. The summed E-state index contributed by atoms with van der Waals surface area (Å²) < 4.78 is 11.1. The summed E-state index contributed by atoms with van der Waals surface area (Å²) in [6.07, 6.45) is 0. The molecule has 2 rings (SSSR count). The molecule has 0 aliphatic rings. The molecule has 0 aromatic heterocycles. The molecule has 0 radical (unpaired) electrons. The number of ether oxygens (including phenoxy) is 2. The maximum absolute atomic E-state index is 5.87. The fourth-order valence-electron chi connectivity index (χ4n) is 1.67. The van der Waals surface area contributed by atoms with Crippen LogP contribution in [0.25, 0.3) is 0 Å². The van der Waals surface area contributed by atoms with Gasteiger partial charge in [0.1, 0.15) is 18.1 Å². The molecule has 0 bridgehead atoms. The van der Waals surface area contributed by atoms with Crippen molar-refractivity contribution in [2.45, 2.75) is 13.5 Å². The van der Waals surface area contributed by atoms with E-state index in [1.54, 1.807) is 6.07 Å².